The van der Waals surface area contributed by atoms with E-state index in [0.717, 1.165) is 12.1 Å². The van der Waals surface area contributed by atoms with E-state index in [0.29, 0.717) is 12.3 Å². The molecule has 0 bridgehead atoms. The lowest BCUT2D eigenvalue weighted by atomic mass is 10.2. The first-order chi connectivity index (χ1) is 15.0. The van der Waals surface area contributed by atoms with Gasteiger partial charge in [0.15, 0.2) is 6.61 Å². The minimum absolute atomic E-state index is 0.0155. The van der Waals surface area contributed by atoms with Gasteiger partial charge in [-0.15, -0.1) is 0 Å². The number of para-hydroxylation sites is 1. The highest BCUT2D eigenvalue weighted by atomic mass is 19.4. The number of hydrogen-bond donors (Lipinski definition) is 2. The van der Waals surface area contributed by atoms with Crippen molar-refractivity contribution in [2.24, 2.45) is 0 Å². The Hall–Kier alpha value is -4.29. The summed E-state index contributed by atoms with van der Waals surface area (Å²) in [6, 6.07) is 7.84. The number of rotatable bonds is 8. The van der Waals surface area contributed by atoms with Crippen LogP contribution in [-0.2, 0) is 14.3 Å². The maximum absolute atomic E-state index is 13.1. The van der Waals surface area contributed by atoms with Crippen molar-refractivity contribution < 1.29 is 41.6 Å². The second-order valence-corrected chi connectivity index (χ2v) is 5.93. The van der Waals surface area contributed by atoms with Gasteiger partial charge in [-0.25, -0.2) is 9.18 Å². The third kappa shape index (κ3) is 6.62. The lowest BCUT2D eigenvalue weighted by molar-refractivity contribution is -0.384. The Morgan fingerprint density at radius 3 is 2.44 bits per heavy atom. The van der Waals surface area contributed by atoms with Gasteiger partial charge in [0.2, 0.25) is 0 Å². The molecule has 2 aromatic carbocycles. The molecule has 13 heteroatoms. The number of ether oxygens (including phenoxy) is 1. The van der Waals surface area contributed by atoms with Crippen molar-refractivity contribution in [3.8, 4) is 0 Å². The van der Waals surface area contributed by atoms with Crippen LogP contribution in [0, 0.1) is 15.9 Å². The van der Waals surface area contributed by atoms with E-state index < -0.39 is 46.9 Å². The number of esters is 1. The zero-order valence-electron chi connectivity index (χ0n) is 15.8. The number of allylic oxidation sites excluding steroid dienone is 1. The normalized spacial score (nSPS) is 11.1. The summed E-state index contributed by atoms with van der Waals surface area (Å²) in [7, 11) is 0. The molecular formula is C19H13F4N3O6. The molecule has 0 fully saturated rings. The van der Waals surface area contributed by atoms with E-state index in [1.807, 2.05) is 0 Å². The summed E-state index contributed by atoms with van der Waals surface area (Å²) in [6.45, 7) is -0.871. The topological polar surface area (TPSA) is 128 Å². The number of nitro groups is 1. The molecule has 2 aromatic rings. The number of carbonyl (C=O) groups is 3. The first-order valence-corrected chi connectivity index (χ1v) is 8.53. The van der Waals surface area contributed by atoms with Crippen molar-refractivity contribution in [3.63, 3.8) is 0 Å². The van der Waals surface area contributed by atoms with E-state index in [-0.39, 0.29) is 23.0 Å². The van der Waals surface area contributed by atoms with Crippen LogP contribution in [0.2, 0.25) is 0 Å². The fourth-order valence-electron chi connectivity index (χ4n) is 2.25. The molecule has 0 aliphatic carbocycles. The molecule has 0 aliphatic heterocycles. The zero-order valence-corrected chi connectivity index (χ0v) is 15.8. The molecule has 0 saturated carbocycles. The van der Waals surface area contributed by atoms with Gasteiger partial charge in [0.05, 0.1) is 22.2 Å². The Morgan fingerprint density at radius 1 is 1.09 bits per heavy atom. The smallest absolute Gasteiger partial charge is 0.452 e. The van der Waals surface area contributed by atoms with Crippen LogP contribution in [0.15, 0.2) is 54.7 Å². The van der Waals surface area contributed by atoms with Gasteiger partial charge in [-0.1, -0.05) is 12.1 Å². The molecule has 0 aliphatic rings. The molecule has 0 saturated heterocycles. The number of ketones is 1. The Kier molecular flexibility index (Phi) is 7.61. The van der Waals surface area contributed by atoms with Crippen LogP contribution in [0.3, 0.4) is 0 Å². The van der Waals surface area contributed by atoms with Crippen LogP contribution in [0.25, 0.3) is 0 Å². The highest BCUT2D eigenvalue weighted by molar-refractivity contribution is 5.99. The fraction of sp³-hybridized carbons (Fsp3) is 0.105. The Morgan fingerprint density at radius 2 is 1.78 bits per heavy atom. The predicted molar refractivity (Wildman–Crippen MR) is 102 cm³/mol. The summed E-state index contributed by atoms with van der Waals surface area (Å²) in [5.74, 6) is -5.02. The molecule has 9 nitrogen and oxygen atoms in total. The molecule has 0 spiro atoms. The zero-order chi connectivity index (χ0) is 23.9. The van der Waals surface area contributed by atoms with Gasteiger partial charge < -0.3 is 15.4 Å². The van der Waals surface area contributed by atoms with E-state index in [2.05, 4.69) is 10.6 Å². The average molecular weight is 455 g/mol. The Bertz CT molecular complexity index is 1080. The monoisotopic (exact) mass is 455 g/mol. The second kappa shape index (κ2) is 10.1. The molecule has 0 heterocycles. The van der Waals surface area contributed by atoms with E-state index in [4.69, 9.17) is 4.74 Å². The number of hydrogen-bond acceptors (Lipinski definition) is 7. The van der Waals surface area contributed by atoms with Crippen molar-refractivity contribution in [2.75, 3.05) is 17.2 Å². The molecule has 32 heavy (non-hydrogen) atoms. The molecular weight excluding hydrogens is 442 g/mol. The predicted octanol–water partition coefficient (Wildman–Crippen LogP) is 3.59. The number of halogens is 4. The minimum Gasteiger partial charge on any atom is -0.452 e. The van der Waals surface area contributed by atoms with Crippen LogP contribution >= 0.6 is 0 Å². The average Bonchev–Trinajstić information content (AvgIpc) is 2.72. The van der Waals surface area contributed by atoms with Crippen LogP contribution < -0.4 is 10.6 Å². The number of anilines is 2. The molecule has 0 aromatic heterocycles. The van der Waals surface area contributed by atoms with Gasteiger partial charge in [-0.2, -0.15) is 13.2 Å². The standard InChI is InChI=1S/C19H13F4N3O6/c20-11-5-6-14(15(9-11)26(30)31)25-17(28)10-32-18(29)12-3-1-2-4-13(12)24-8-7-16(27)19(21,22)23/h1-9,24H,10H2,(H,25,28). The summed E-state index contributed by atoms with van der Waals surface area (Å²) in [6.07, 6.45) is -4.14. The minimum atomic E-state index is -5.05. The molecule has 0 radical (unpaired) electrons. The van der Waals surface area contributed by atoms with Gasteiger partial charge in [0, 0.05) is 12.3 Å². The van der Waals surface area contributed by atoms with Gasteiger partial charge >= 0.3 is 12.1 Å². The highest BCUT2D eigenvalue weighted by Gasteiger charge is 2.36. The maximum atomic E-state index is 13.1. The third-order valence-corrected chi connectivity index (χ3v) is 3.66. The summed E-state index contributed by atoms with van der Waals surface area (Å²) in [5.41, 5.74) is -1.21. The number of nitro benzene ring substituents is 1. The van der Waals surface area contributed by atoms with Crippen LogP contribution in [0.1, 0.15) is 10.4 Å². The number of benzene rings is 2. The van der Waals surface area contributed by atoms with Crippen LogP contribution in [-0.4, -0.2) is 35.4 Å². The van der Waals surface area contributed by atoms with E-state index in [9.17, 15) is 42.1 Å². The Labute approximate surface area is 176 Å². The summed E-state index contributed by atoms with van der Waals surface area (Å²) in [4.78, 5) is 45.0. The van der Waals surface area contributed by atoms with Gasteiger partial charge in [0.25, 0.3) is 17.4 Å². The molecule has 2 rings (SSSR count). The molecule has 2 N–H and O–H groups in total. The van der Waals surface area contributed by atoms with Crippen LogP contribution in [0.5, 0.6) is 0 Å². The molecule has 168 valence electrons. The van der Waals surface area contributed by atoms with E-state index in [1.165, 1.54) is 24.3 Å². The van der Waals surface area contributed by atoms with Crippen molar-refractivity contribution in [2.45, 2.75) is 6.18 Å². The number of amides is 1. The SMILES string of the molecule is O=C(COC(=O)c1ccccc1NC=CC(=O)C(F)(F)F)Nc1ccc(F)cc1[N+](=O)[O-]. The number of nitrogens with zero attached hydrogens (tertiary/aromatic N) is 1. The fourth-order valence-corrected chi connectivity index (χ4v) is 2.25. The van der Waals surface area contributed by atoms with Crippen molar-refractivity contribution in [3.05, 3.63) is 76.2 Å². The lowest BCUT2D eigenvalue weighted by Gasteiger charge is -2.10. The number of carbonyl (C=O) groups excluding carboxylic acids is 3. The second-order valence-electron chi connectivity index (χ2n) is 5.93. The first-order valence-electron chi connectivity index (χ1n) is 8.53. The van der Waals surface area contributed by atoms with Crippen molar-refractivity contribution in [1.82, 2.24) is 0 Å². The van der Waals surface area contributed by atoms with E-state index in [1.54, 1.807) is 0 Å². The number of alkyl halides is 3. The quantitative estimate of drug-likeness (QED) is 0.205. The van der Waals surface area contributed by atoms with Gasteiger partial charge in [-0.3, -0.25) is 19.7 Å². The Balaban J connectivity index is 2.02. The van der Waals surface area contributed by atoms with Gasteiger partial charge in [0.1, 0.15) is 11.5 Å². The highest BCUT2D eigenvalue weighted by Crippen LogP contribution is 2.25. The van der Waals surface area contributed by atoms with E-state index >= 15 is 0 Å². The van der Waals surface area contributed by atoms with Gasteiger partial charge in [-0.05, 0) is 24.3 Å². The first kappa shape index (κ1) is 24.0. The maximum Gasteiger partial charge on any atom is 0.454 e. The van der Waals surface area contributed by atoms with Crippen molar-refractivity contribution >= 4 is 34.7 Å². The molecule has 0 unspecified atom stereocenters. The lowest BCUT2D eigenvalue weighted by Crippen LogP contribution is -2.22. The summed E-state index contributed by atoms with van der Waals surface area (Å²) >= 11 is 0. The van der Waals surface area contributed by atoms with Crippen molar-refractivity contribution in [1.29, 1.82) is 0 Å². The molecule has 1 amide bonds. The summed E-state index contributed by atoms with van der Waals surface area (Å²) in [5, 5.41) is 15.4. The number of nitrogens with one attached hydrogen (secondary N) is 2. The summed E-state index contributed by atoms with van der Waals surface area (Å²) < 4.78 is 54.6. The molecule has 0 atom stereocenters. The van der Waals surface area contributed by atoms with Crippen LogP contribution in [0.4, 0.5) is 34.6 Å². The largest absolute Gasteiger partial charge is 0.454 e. The third-order valence-electron chi connectivity index (χ3n) is 3.66.